The highest BCUT2D eigenvalue weighted by atomic mass is 32.2. The van der Waals surface area contributed by atoms with Crippen LogP contribution < -0.4 is 5.73 Å². The third-order valence-corrected chi connectivity index (χ3v) is 5.29. The van der Waals surface area contributed by atoms with Gasteiger partial charge in [-0.3, -0.25) is 4.57 Å². The van der Waals surface area contributed by atoms with Gasteiger partial charge >= 0.3 is 0 Å². The van der Waals surface area contributed by atoms with Crippen molar-refractivity contribution in [2.45, 2.75) is 43.8 Å². The van der Waals surface area contributed by atoms with E-state index in [2.05, 4.69) is 15.0 Å². The molecule has 1 aliphatic heterocycles. The predicted molar refractivity (Wildman–Crippen MR) is 89.0 cm³/mol. The average molecular weight is 355 g/mol. The largest absolute Gasteiger partial charge is 0.387 e. The summed E-state index contributed by atoms with van der Waals surface area (Å²) in [5, 5.41) is 30.8. The summed E-state index contributed by atoms with van der Waals surface area (Å²) in [5.74, 6) is 1.32. The Balaban J connectivity index is 1.83. The Bertz CT molecular complexity index is 712. The summed E-state index contributed by atoms with van der Waals surface area (Å²) in [7, 11) is 0. The first-order valence-electron chi connectivity index (χ1n) is 7.64. The minimum Gasteiger partial charge on any atom is -0.387 e. The van der Waals surface area contributed by atoms with Crippen molar-refractivity contribution in [1.82, 2.24) is 19.5 Å². The van der Waals surface area contributed by atoms with E-state index in [1.807, 2.05) is 13.8 Å². The molecule has 1 fully saturated rings. The molecule has 3 rings (SSSR count). The molecule has 1 aliphatic rings. The number of aliphatic hydroxyl groups excluding tert-OH is 3. The molecule has 9 nitrogen and oxygen atoms in total. The molecule has 0 amide bonds. The molecule has 3 heterocycles. The summed E-state index contributed by atoms with van der Waals surface area (Å²) in [6.07, 6.45) is -1.56. The van der Waals surface area contributed by atoms with Crippen molar-refractivity contribution >= 4 is 28.7 Å². The van der Waals surface area contributed by atoms with Crippen LogP contribution in [0.1, 0.15) is 20.1 Å². The van der Waals surface area contributed by atoms with Gasteiger partial charge in [-0.1, -0.05) is 13.8 Å². The Morgan fingerprint density at radius 3 is 2.75 bits per heavy atom. The third-order valence-electron chi connectivity index (χ3n) is 3.82. The predicted octanol–water partition coefficient (Wildman–Crippen LogP) is -0.265. The summed E-state index contributed by atoms with van der Waals surface area (Å²) in [5.41, 5.74) is 5.59. The van der Waals surface area contributed by atoms with Gasteiger partial charge in [-0.2, -0.15) is 0 Å². The lowest BCUT2D eigenvalue weighted by molar-refractivity contribution is -0.0594. The molecular formula is C14H21N5O4S. The van der Waals surface area contributed by atoms with Gasteiger partial charge < -0.3 is 25.8 Å². The Kier molecular flexibility index (Phi) is 4.92. The van der Waals surface area contributed by atoms with E-state index < -0.39 is 30.0 Å². The number of anilines is 1. The molecule has 0 saturated carbocycles. The molecule has 0 radical (unpaired) electrons. The molecule has 0 bridgehead atoms. The molecule has 5 atom stereocenters. The van der Waals surface area contributed by atoms with E-state index in [1.54, 1.807) is 0 Å². The fourth-order valence-corrected chi connectivity index (χ4v) is 3.59. The van der Waals surface area contributed by atoms with Crippen LogP contribution in [0.4, 0.5) is 5.82 Å². The molecule has 24 heavy (non-hydrogen) atoms. The lowest BCUT2D eigenvalue weighted by atomic mass is 10.1. The number of nitrogen functional groups attached to an aromatic ring is 1. The van der Waals surface area contributed by atoms with E-state index in [4.69, 9.17) is 10.5 Å². The number of hydrogen-bond donors (Lipinski definition) is 4. The van der Waals surface area contributed by atoms with E-state index in [9.17, 15) is 15.3 Å². The Morgan fingerprint density at radius 1 is 1.29 bits per heavy atom. The molecule has 1 unspecified atom stereocenters. The highest BCUT2D eigenvalue weighted by Crippen LogP contribution is 2.35. The van der Waals surface area contributed by atoms with Crippen molar-refractivity contribution in [2.24, 2.45) is 5.92 Å². The third kappa shape index (κ3) is 3.07. The van der Waals surface area contributed by atoms with Crippen LogP contribution >= 0.6 is 11.8 Å². The highest BCUT2D eigenvalue weighted by molar-refractivity contribution is 7.99. The van der Waals surface area contributed by atoms with E-state index in [1.165, 1.54) is 29.0 Å². The van der Waals surface area contributed by atoms with Crippen molar-refractivity contribution in [3.05, 3.63) is 12.7 Å². The molecule has 0 spiro atoms. The lowest BCUT2D eigenvalue weighted by Crippen LogP contribution is -2.37. The Labute approximate surface area is 142 Å². The zero-order valence-electron chi connectivity index (χ0n) is 13.4. The van der Waals surface area contributed by atoms with E-state index in [0.29, 0.717) is 22.8 Å². The molecule has 132 valence electrons. The number of rotatable bonds is 5. The fraction of sp³-hybridized carbons (Fsp3) is 0.643. The van der Waals surface area contributed by atoms with E-state index in [-0.39, 0.29) is 5.82 Å². The maximum Gasteiger partial charge on any atom is 0.167 e. The van der Waals surface area contributed by atoms with Gasteiger partial charge in [0.25, 0.3) is 0 Å². The van der Waals surface area contributed by atoms with Crippen LogP contribution in [-0.2, 0) is 4.74 Å². The monoisotopic (exact) mass is 355 g/mol. The van der Waals surface area contributed by atoms with E-state index >= 15 is 0 Å². The van der Waals surface area contributed by atoms with Gasteiger partial charge in [0.05, 0.1) is 6.33 Å². The Hall–Kier alpha value is -1.46. The number of imidazole rings is 1. The SMILES string of the molecule is CC(C)CSC(O)[C@H]1O[C@@H](n2cnc3c(N)ncnc32)[C@H](O)[C@@H]1O. The molecule has 1 saturated heterocycles. The van der Waals surface area contributed by atoms with Crippen LogP contribution in [0, 0.1) is 5.92 Å². The number of aliphatic hydroxyl groups is 3. The summed E-state index contributed by atoms with van der Waals surface area (Å²) >= 11 is 1.28. The molecule has 2 aromatic rings. The first-order chi connectivity index (χ1) is 11.4. The zero-order valence-corrected chi connectivity index (χ0v) is 14.2. The number of hydrogen-bond acceptors (Lipinski definition) is 9. The number of nitrogens with zero attached hydrogens (tertiary/aromatic N) is 4. The second kappa shape index (κ2) is 6.81. The van der Waals surface area contributed by atoms with Crippen LogP contribution in [0.5, 0.6) is 0 Å². The number of fused-ring (bicyclic) bond motifs is 1. The first-order valence-corrected chi connectivity index (χ1v) is 8.69. The normalized spacial score (nSPS) is 28.8. The van der Waals surface area contributed by atoms with Crippen molar-refractivity contribution < 1.29 is 20.1 Å². The average Bonchev–Trinajstić information content (AvgIpc) is 3.09. The minimum atomic E-state index is -1.22. The highest BCUT2D eigenvalue weighted by Gasteiger charge is 2.47. The maximum atomic E-state index is 10.3. The van der Waals surface area contributed by atoms with Crippen LogP contribution in [0.3, 0.4) is 0 Å². The number of ether oxygens (including phenoxy) is 1. The van der Waals surface area contributed by atoms with Gasteiger partial charge in [-0.05, 0) is 11.7 Å². The quantitative estimate of drug-likeness (QED) is 0.534. The second-order valence-corrected chi connectivity index (χ2v) is 7.32. The van der Waals surface area contributed by atoms with Gasteiger partial charge in [-0.15, -0.1) is 11.8 Å². The Morgan fingerprint density at radius 2 is 2.04 bits per heavy atom. The van der Waals surface area contributed by atoms with Crippen molar-refractivity contribution in [2.75, 3.05) is 11.5 Å². The summed E-state index contributed by atoms with van der Waals surface area (Å²) < 4.78 is 7.21. The number of nitrogens with two attached hydrogens (primary N) is 1. The standard InChI is InChI=1S/C14H21N5O4S/c1-6(2)3-24-14(22)10-8(20)9(21)13(23-10)19-5-18-7-11(15)16-4-17-12(7)19/h4-6,8-10,13-14,20-22H,3H2,1-2H3,(H2,15,16,17)/t8-,9+,10-,13+,14?/m0/s1. The summed E-state index contributed by atoms with van der Waals surface area (Å²) in [6, 6.07) is 0. The van der Waals surface area contributed by atoms with Crippen LogP contribution in [0.25, 0.3) is 11.2 Å². The van der Waals surface area contributed by atoms with Gasteiger partial charge in [0.15, 0.2) is 17.7 Å². The minimum absolute atomic E-state index is 0.218. The first kappa shape index (κ1) is 17.4. The summed E-state index contributed by atoms with van der Waals surface area (Å²) in [6.45, 7) is 4.07. The fourth-order valence-electron chi connectivity index (χ4n) is 2.59. The zero-order chi connectivity index (χ0) is 17.4. The molecule has 2 aromatic heterocycles. The van der Waals surface area contributed by atoms with E-state index in [0.717, 1.165) is 0 Å². The molecule has 10 heteroatoms. The van der Waals surface area contributed by atoms with Gasteiger partial charge in [0.2, 0.25) is 0 Å². The second-order valence-electron chi connectivity index (χ2n) is 6.17. The maximum absolute atomic E-state index is 10.3. The molecule has 0 aromatic carbocycles. The summed E-state index contributed by atoms with van der Waals surface area (Å²) in [4.78, 5) is 12.1. The lowest BCUT2D eigenvalue weighted by Gasteiger charge is -2.21. The van der Waals surface area contributed by atoms with Crippen LogP contribution in [0.2, 0.25) is 0 Å². The van der Waals surface area contributed by atoms with Gasteiger partial charge in [0.1, 0.15) is 35.6 Å². The van der Waals surface area contributed by atoms with Crippen LogP contribution in [0.15, 0.2) is 12.7 Å². The van der Waals surface area contributed by atoms with Crippen molar-refractivity contribution in [3.63, 3.8) is 0 Å². The van der Waals surface area contributed by atoms with Crippen molar-refractivity contribution in [1.29, 1.82) is 0 Å². The molecule has 5 N–H and O–H groups in total. The van der Waals surface area contributed by atoms with Gasteiger partial charge in [-0.25, -0.2) is 15.0 Å². The molecule has 0 aliphatic carbocycles. The number of aromatic nitrogens is 4. The topological polar surface area (TPSA) is 140 Å². The van der Waals surface area contributed by atoms with Crippen LogP contribution in [-0.4, -0.2) is 64.3 Å². The number of thioether (sulfide) groups is 1. The molecular weight excluding hydrogens is 334 g/mol. The van der Waals surface area contributed by atoms with Gasteiger partial charge in [0, 0.05) is 0 Å². The smallest absolute Gasteiger partial charge is 0.167 e. The van der Waals surface area contributed by atoms with Crippen molar-refractivity contribution in [3.8, 4) is 0 Å².